The van der Waals surface area contributed by atoms with Crippen LogP contribution in [0.3, 0.4) is 0 Å². The summed E-state index contributed by atoms with van der Waals surface area (Å²) >= 11 is 6.59. The number of nitrogen functional groups attached to an aromatic ring is 1. The van der Waals surface area contributed by atoms with E-state index < -0.39 is 10.0 Å². The van der Waals surface area contributed by atoms with E-state index in [1.807, 2.05) is 24.3 Å². The third-order valence-electron chi connectivity index (χ3n) is 2.95. The number of hydrogen-bond acceptors (Lipinski definition) is 3. The predicted octanol–water partition coefficient (Wildman–Crippen LogP) is 3.83. The van der Waals surface area contributed by atoms with Crippen LogP contribution >= 0.6 is 31.9 Å². The van der Waals surface area contributed by atoms with E-state index in [1.54, 1.807) is 19.1 Å². The molecule has 0 spiro atoms. The zero-order chi connectivity index (χ0) is 15.6. The third-order valence-corrected chi connectivity index (χ3v) is 5.99. The van der Waals surface area contributed by atoms with Crippen molar-refractivity contribution in [1.29, 1.82) is 0 Å². The van der Waals surface area contributed by atoms with Crippen LogP contribution < -0.4 is 10.5 Å². The average Bonchev–Trinajstić information content (AvgIpc) is 2.38. The molecule has 7 heteroatoms. The number of benzene rings is 2. The van der Waals surface area contributed by atoms with Gasteiger partial charge < -0.3 is 5.73 Å². The zero-order valence-corrected chi connectivity index (χ0v) is 15.2. The minimum Gasteiger partial charge on any atom is -0.399 e. The van der Waals surface area contributed by atoms with Gasteiger partial charge in [-0.25, -0.2) is 13.1 Å². The molecule has 2 aromatic carbocycles. The predicted molar refractivity (Wildman–Crippen MR) is 91.4 cm³/mol. The first-order valence-electron chi connectivity index (χ1n) is 6.12. The van der Waals surface area contributed by atoms with Gasteiger partial charge in [-0.1, -0.05) is 28.1 Å². The Balaban J connectivity index is 2.26. The van der Waals surface area contributed by atoms with Crippen molar-refractivity contribution in [2.45, 2.75) is 17.9 Å². The van der Waals surface area contributed by atoms with Crippen LogP contribution in [0.25, 0.3) is 0 Å². The summed E-state index contributed by atoms with van der Waals surface area (Å²) in [5.41, 5.74) is 7.01. The molecule has 0 saturated carbocycles. The summed E-state index contributed by atoms with van der Waals surface area (Å²) in [7, 11) is -3.63. The molecule has 3 N–H and O–H groups in total. The van der Waals surface area contributed by atoms with Crippen molar-refractivity contribution >= 4 is 47.6 Å². The number of hydrogen-bond donors (Lipinski definition) is 2. The molecule has 0 bridgehead atoms. The standard InChI is InChI=1S/C14H14Br2N2O2S/c1-9(10-2-4-11(15)5-3-10)18-21(19,20)14-7-6-12(17)8-13(14)16/h2-9,18H,17H2,1H3/t9-/m0/s1. The quantitative estimate of drug-likeness (QED) is 0.719. The van der Waals surface area contributed by atoms with Crippen molar-refractivity contribution in [1.82, 2.24) is 4.72 Å². The molecular formula is C14H14Br2N2O2S. The van der Waals surface area contributed by atoms with E-state index in [2.05, 4.69) is 36.6 Å². The minimum absolute atomic E-state index is 0.167. The molecule has 2 rings (SSSR count). The Morgan fingerprint density at radius 2 is 1.71 bits per heavy atom. The van der Waals surface area contributed by atoms with E-state index in [1.165, 1.54) is 6.07 Å². The lowest BCUT2D eigenvalue weighted by molar-refractivity contribution is 0.566. The molecule has 0 saturated heterocycles. The number of nitrogens with two attached hydrogens (primary N) is 1. The van der Waals surface area contributed by atoms with Crippen molar-refractivity contribution < 1.29 is 8.42 Å². The smallest absolute Gasteiger partial charge is 0.242 e. The average molecular weight is 434 g/mol. The fraction of sp³-hybridized carbons (Fsp3) is 0.143. The van der Waals surface area contributed by atoms with E-state index in [4.69, 9.17) is 5.73 Å². The summed E-state index contributed by atoms with van der Waals surface area (Å²) in [6, 6.07) is 11.8. The first kappa shape index (κ1) is 16.5. The second-order valence-corrected chi connectivity index (χ2v) is 8.04. The van der Waals surface area contributed by atoms with E-state index in [0.29, 0.717) is 10.2 Å². The van der Waals surface area contributed by atoms with Crippen molar-refractivity contribution in [3.05, 3.63) is 57.0 Å². The summed E-state index contributed by atoms with van der Waals surface area (Å²) in [6.07, 6.45) is 0. The lowest BCUT2D eigenvalue weighted by Crippen LogP contribution is -2.27. The van der Waals surface area contributed by atoms with Crippen molar-refractivity contribution in [2.24, 2.45) is 0 Å². The first-order valence-corrected chi connectivity index (χ1v) is 9.19. The molecule has 0 radical (unpaired) electrons. The molecular weight excluding hydrogens is 420 g/mol. The van der Waals surface area contributed by atoms with E-state index >= 15 is 0 Å². The SMILES string of the molecule is C[C@H](NS(=O)(=O)c1ccc(N)cc1Br)c1ccc(Br)cc1. The molecule has 0 aliphatic heterocycles. The molecule has 0 aromatic heterocycles. The molecule has 0 unspecified atom stereocenters. The Bertz CT molecular complexity index is 746. The van der Waals surface area contributed by atoms with E-state index in [-0.39, 0.29) is 10.9 Å². The fourth-order valence-electron chi connectivity index (χ4n) is 1.85. The monoisotopic (exact) mass is 432 g/mol. The summed E-state index contributed by atoms with van der Waals surface area (Å²) in [5, 5.41) is 0. The second-order valence-electron chi connectivity index (χ2n) is 4.58. The molecule has 1 atom stereocenters. The van der Waals surface area contributed by atoms with Gasteiger partial charge in [0.1, 0.15) is 0 Å². The maximum atomic E-state index is 12.4. The van der Waals surface area contributed by atoms with Crippen LogP contribution in [0.2, 0.25) is 0 Å². The van der Waals surface area contributed by atoms with Crippen molar-refractivity contribution in [3.8, 4) is 0 Å². The van der Waals surface area contributed by atoms with Crippen LogP contribution in [0.1, 0.15) is 18.5 Å². The van der Waals surface area contributed by atoms with E-state index in [0.717, 1.165) is 10.0 Å². The first-order chi connectivity index (χ1) is 9.79. The third kappa shape index (κ3) is 4.06. The largest absolute Gasteiger partial charge is 0.399 e. The van der Waals surface area contributed by atoms with Gasteiger partial charge in [-0.2, -0.15) is 0 Å². The van der Waals surface area contributed by atoms with Crippen LogP contribution in [0, 0.1) is 0 Å². The second kappa shape index (κ2) is 6.48. The number of halogens is 2. The van der Waals surface area contributed by atoms with Gasteiger partial charge in [0.2, 0.25) is 10.0 Å². The van der Waals surface area contributed by atoms with Crippen LogP contribution in [0.5, 0.6) is 0 Å². The van der Waals surface area contributed by atoms with Crippen LogP contribution in [-0.2, 0) is 10.0 Å². The van der Waals surface area contributed by atoms with Crippen LogP contribution in [0.4, 0.5) is 5.69 Å². The lowest BCUT2D eigenvalue weighted by Gasteiger charge is -2.15. The normalized spacial score (nSPS) is 13.1. The van der Waals surface area contributed by atoms with Crippen LogP contribution in [-0.4, -0.2) is 8.42 Å². The molecule has 0 heterocycles. The van der Waals surface area contributed by atoms with Crippen LogP contribution in [0.15, 0.2) is 56.3 Å². The summed E-state index contributed by atoms with van der Waals surface area (Å²) in [6.45, 7) is 1.80. The molecule has 4 nitrogen and oxygen atoms in total. The molecule has 21 heavy (non-hydrogen) atoms. The topological polar surface area (TPSA) is 72.2 Å². The molecule has 0 aliphatic rings. The summed E-state index contributed by atoms with van der Waals surface area (Å²) in [4.78, 5) is 0.167. The highest BCUT2D eigenvalue weighted by atomic mass is 79.9. The van der Waals surface area contributed by atoms with Crippen molar-refractivity contribution in [2.75, 3.05) is 5.73 Å². The number of sulfonamides is 1. The summed E-state index contributed by atoms with van der Waals surface area (Å²) < 4.78 is 28.9. The molecule has 0 amide bonds. The Kier molecular flexibility index (Phi) is 5.08. The maximum absolute atomic E-state index is 12.4. The molecule has 2 aromatic rings. The Morgan fingerprint density at radius 3 is 2.29 bits per heavy atom. The summed E-state index contributed by atoms with van der Waals surface area (Å²) in [5.74, 6) is 0. The van der Waals surface area contributed by atoms with Gasteiger partial charge in [0, 0.05) is 20.7 Å². The number of anilines is 1. The van der Waals surface area contributed by atoms with Gasteiger partial charge >= 0.3 is 0 Å². The molecule has 0 aliphatic carbocycles. The highest BCUT2D eigenvalue weighted by Crippen LogP contribution is 2.26. The van der Waals surface area contributed by atoms with Gasteiger partial charge in [0.05, 0.1) is 4.90 Å². The highest BCUT2D eigenvalue weighted by Gasteiger charge is 2.21. The highest BCUT2D eigenvalue weighted by molar-refractivity contribution is 9.10. The Morgan fingerprint density at radius 1 is 1.10 bits per heavy atom. The Labute approximate surface area is 141 Å². The fourth-order valence-corrected chi connectivity index (χ4v) is 4.44. The van der Waals surface area contributed by atoms with Gasteiger partial charge in [-0.3, -0.25) is 0 Å². The maximum Gasteiger partial charge on any atom is 0.242 e. The van der Waals surface area contributed by atoms with Crippen molar-refractivity contribution in [3.63, 3.8) is 0 Å². The minimum atomic E-state index is -3.63. The van der Waals surface area contributed by atoms with Gasteiger partial charge in [0.25, 0.3) is 0 Å². The molecule has 112 valence electrons. The van der Waals surface area contributed by atoms with E-state index in [9.17, 15) is 8.42 Å². The Hall–Kier alpha value is -0.890. The zero-order valence-electron chi connectivity index (χ0n) is 11.2. The van der Waals surface area contributed by atoms with Gasteiger partial charge in [-0.05, 0) is 58.7 Å². The number of nitrogens with one attached hydrogen (secondary N) is 1. The van der Waals surface area contributed by atoms with Gasteiger partial charge in [0.15, 0.2) is 0 Å². The lowest BCUT2D eigenvalue weighted by atomic mass is 10.1. The molecule has 0 fully saturated rings. The van der Waals surface area contributed by atoms with Gasteiger partial charge in [-0.15, -0.1) is 0 Å². The number of rotatable bonds is 4.